The van der Waals surface area contributed by atoms with Gasteiger partial charge in [0.15, 0.2) is 6.61 Å². The van der Waals surface area contributed by atoms with Crippen LogP contribution in [0, 0.1) is 0 Å². The van der Waals surface area contributed by atoms with Crippen molar-refractivity contribution >= 4 is 29.4 Å². The van der Waals surface area contributed by atoms with Crippen molar-refractivity contribution in [2.45, 2.75) is 25.8 Å². The molecule has 0 atom stereocenters. The molecule has 1 N–H and O–H groups in total. The molecule has 1 heterocycles. The Morgan fingerprint density at radius 1 is 1.07 bits per heavy atom. The summed E-state index contributed by atoms with van der Waals surface area (Å²) in [5.41, 5.74) is 0.465. The van der Waals surface area contributed by atoms with E-state index in [1.54, 1.807) is 53.4 Å². The monoisotopic (exact) mass is 430 g/mol. The molecule has 1 saturated heterocycles. The zero-order valence-corrected chi connectivity index (χ0v) is 17.4. The highest BCUT2D eigenvalue weighted by molar-refractivity contribution is 6.30. The number of nitrogens with one attached hydrogen (secondary N) is 1. The molecule has 3 rings (SSSR count). The van der Waals surface area contributed by atoms with Gasteiger partial charge in [-0.2, -0.15) is 0 Å². The molecular formula is C22H23ClN2O5. The molecule has 1 aliphatic rings. The fourth-order valence-corrected chi connectivity index (χ4v) is 3.34. The Morgan fingerprint density at radius 2 is 1.77 bits per heavy atom. The van der Waals surface area contributed by atoms with E-state index in [9.17, 15) is 14.4 Å². The van der Waals surface area contributed by atoms with E-state index in [0.29, 0.717) is 48.0 Å². The number of hydrogen-bond acceptors (Lipinski definition) is 5. The predicted molar refractivity (Wildman–Crippen MR) is 112 cm³/mol. The summed E-state index contributed by atoms with van der Waals surface area (Å²) in [6.07, 6.45) is 1.31. The molecule has 2 amide bonds. The zero-order valence-electron chi connectivity index (χ0n) is 16.6. The molecule has 0 unspecified atom stereocenters. The van der Waals surface area contributed by atoms with Crippen molar-refractivity contribution in [1.82, 2.24) is 10.2 Å². The van der Waals surface area contributed by atoms with Gasteiger partial charge in [-0.25, -0.2) is 0 Å². The second kappa shape index (κ2) is 10.1. The quantitative estimate of drug-likeness (QED) is 0.562. The van der Waals surface area contributed by atoms with Crippen molar-refractivity contribution in [3.63, 3.8) is 0 Å². The van der Waals surface area contributed by atoms with E-state index in [1.165, 1.54) is 6.92 Å². The second-order valence-electron chi connectivity index (χ2n) is 7.00. The number of piperidine rings is 1. The number of benzene rings is 2. The largest absolute Gasteiger partial charge is 0.484 e. The lowest BCUT2D eigenvalue weighted by atomic mass is 10.0. The van der Waals surface area contributed by atoms with Crippen molar-refractivity contribution in [2.24, 2.45) is 0 Å². The van der Waals surface area contributed by atoms with Gasteiger partial charge in [-0.1, -0.05) is 17.7 Å². The Bertz CT molecular complexity index is 908. The average Bonchev–Trinajstić information content (AvgIpc) is 2.73. The number of esters is 1. The number of ether oxygens (including phenoxy) is 2. The Balaban J connectivity index is 1.45. The first kappa shape index (κ1) is 21.6. The standard InChI is InChI=1S/C22H23ClN2O5/c1-15(26)30-20-4-2-3-16(13-20)22(28)25-11-9-18(10-12-25)24-21(27)14-29-19-7-5-17(23)6-8-19/h2-8,13,18H,9-12,14H2,1H3,(H,24,27). The summed E-state index contributed by atoms with van der Waals surface area (Å²) < 4.78 is 10.5. The van der Waals surface area contributed by atoms with E-state index in [-0.39, 0.29) is 24.5 Å². The van der Waals surface area contributed by atoms with Crippen molar-refractivity contribution in [1.29, 1.82) is 0 Å². The third-order valence-corrected chi connectivity index (χ3v) is 4.93. The van der Waals surface area contributed by atoms with Crippen molar-refractivity contribution in [2.75, 3.05) is 19.7 Å². The van der Waals surface area contributed by atoms with Crippen molar-refractivity contribution in [3.8, 4) is 11.5 Å². The molecule has 2 aromatic carbocycles. The lowest BCUT2D eigenvalue weighted by molar-refractivity contribution is -0.132. The van der Waals surface area contributed by atoms with Crippen LogP contribution in [0.2, 0.25) is 5.02 Å². The Labute approximate surface area is 179 Å². The molecule has 8 heteroatoms. The first-order valence-electron chi connectivity index (χ1n) is 9.66. The van der Waals surface area contributed by atoms with Gasteiger partial charge in [0.25, 0.3) is 11.8 Å². The minimum atomic E-state index is -0.434. The summed E-state index contributed by atoms with van der Waals surface area (Å²) >= 11 is 5.82. The van der Waals surface area contributed by atoms with Crippen LogP contribution in [0.1, 0.15) is 30.1 Å². The summed E-state index contributed by atoms with van der Waals surface area (Å²) in [7, 11) is 0. The number of nitrogens with zero attached hydrogens (tertiary/aromatic N) is 1. The molecule has 2 aromatic rings. The van der Waals surface area contributed by atoms with Gasteiger partial charge in [0.05, 0.1) is 0 Å². The van der Waals surface area contributed by atoms with Crippen LogP contribution < -0.4 is 14.8 Å². The summed E-state index contributed by atoms with van der Waals surface area (Å²) in [5, 5.41) is 3.55. The molecule has 1 aliphatic heterocycles. The van der Waals surface area contributed by atoms with Crippen LogP contribution in [-0.4, -0.2) is 48.4 Å². The van der Waals surface area contributed by atoms with E-state index >= 15 is 0 Å². The molecule has 158 valence electrons. The van der Waals surface area contributed by atoms with Crippen LogP contribution in [-0.2, 0) is 9.59 Å². The normalized spacial score (nSPS) is 14.1. The third kappa shape index (κ3) is 6.22. The van der Waals surface area contributed by atoms with Crippen LogP contribution in [0.15, 0.2) is 48.5 Å². The highest BCUT2D eigenvalue weighted by Gasteiger charge is 2.25. The number of likely N-dealkylation sites (tertiary alicyclic amines) is 1. The number of rotatable bonds is 6. The van der Waals surface area contributed by atoms with Crippen LogP contribution in [0.25, 0.3) is 0 Å². The topological polar surface area (TPSA) is 84.9 Å². The van der Waals surface area contributed by atoms with Gasteiger partial charge in [-0.15, -0.1) is 0 Å². The van der Waals surface area contributed by atoms with Crippen LogP contribution in [0.3, 0.4) is 0 Å². The zero-order chi connectivity index (χ0) is 21.5. The smallest absolute Gasteiger partial charge is 0.308 e. The molecule has 0 bridgehead atoms. The SMILES string of the molecule is CC(=O)Oc1cccc(C(=O)N2CCC(NC(=O)COc3ccc(Cl)cc3)CC2)c1. The van der Waals surface area contributed by atoms with E-state index in [1.807, 2.05) is 0 Å². The maximum absolute atomic E-state index is 12.7. The minimum absolute atomic E-state index is 0.0113. The van der Waals surface area contributed by atoms with Gasteiger partial charge in [0, 0.05) is 36.6 Å². The highest BCUT2D eigenvalue weighted by atomic mass is 35.5. The van der Waals surface area contributed by atoms with Gasteiger partial charge in [-0.05, 0) is 55.3 Å². The molecule has 0 radical (unpaired) electrons. The Hall–Kier alpha value is -3.06. The van der Waals surface area contributed by atoms with Crippen molar-refractivity contribution < 1.29 is 23.9 Å². The number of amides is 2. The lowest BCUT2D eigenvalue weighted by Crippen LogP contribution is -2.47. The fourth-order valence-electron chi connectivity index (χ4n) is 3.22. The van der Waals surface area contributed by atoms with Gasteiger partial charge in [0.1, 0.15) is 11.5 Å². The first-order chi connectivity index (χ1) is 14.4. The van der Waals surface area contributed by atoms with Gasteiger partial charge in [0.2, 0.25) is 0 Å². The van der Waals surface area contributed by atoms with Crippen LogP contribution >= 0.6 is 11.6 Å². The molecule has 0 saturated carbocycles. The van der Waals surface area contributed by atoms with E-state index in [0.717, 1.165) is 0 Å². The summed E-state index contributed by atoms with van der Waals surface area (Å²) in [6.45, 7) is 2.29. The second-order valence-corrected chi connectivity index (χ2v) is 7.43. The number of carbonyl (C=O) groups excluding carboxylic acids is 3. The molecule has 30 heavy (non-hydrogen) atoms. The molecular weight excluding hydrogens is 408 g/mol. The van der Waals surface area contributed by atoms with Gasteiger partial charge >= 0.3 is 5.97 Å². The van der Waals surface area contributed by atoms with E-state index in [4.69, 9.17) is 21.1 Å². The lowest BCUT2D eigenvalue weighted by Gasteiger charge is -2.32. The third-order valence-electron chi connectivity index (χ3n) is 4.67. The molecule has 7 nitrogen and oxygen atoms in total. The number of carbonyl (C=O) groups is 3. The molecule has 0 aromatic heterocycles. The first-order valence-corrected chi connectivity index (χ1v) is 10.0. The highest BCUT2D eigenvalue weighted by Crippen LogP contribution is 2.19. The summed E-state index contributed by atoms with van der Waals surface area (Å²) in [4.78, 5) is 37.7. The predicted octanol–water partition coefficient (Wildman–Crippen LogP) is 3.07. The van der Waals surface area contributed by atoms with Gasteiger partial charge < -0.3 is 19.7 Å². The maximum Gasteiger partial charge on any atom is 0.308 e. The Morgan fingerprint density at radius 3 is 2.43 bits per heavy atom. The molecule has 0 spiro atoms. The molecule has 0 aliphatic carbocycles. The van der Waals surface area contributed by atoms with E-state index < -0.39 is 5.97 Å². The average molecular weight is 431 g/mol. The summed E-state index contributed by atoms with van der Waals surface area (Å²) in [5.74, 6) is 0.155. The van der Waals surface area contributed by atoms with Crippen LogP contribution in [0.5, 0.6) is 11.5 Å². The minimum Gasteiger partial charge on any atom is -0.484 e. The van der Waals surface area contributed by atoms with Crippen LogP contribution in [0.4, 0.5) is 0 Å². The van der Waals surface area contributed by atoms with Gasteiger partial charge in [-0.3, -0.25) is 14.4 Å². The fraction of sp³-hybridized carbons (Fsp3) is 0.318. The molecule has 1 fully saturated rings. The van der Waals surface area contributed by atoms with Crippen molar-refractivity contribution in [3.05, 3.63) is 59.1 Å². The number of hydrogen-bond donors (Lipinski definition) is 1. The maximum atomic E-state index is 12.7. The number of halogens is 1. The Kier molecular flexibility index (Phi) is 7.30. The van der Waals surface area contributed by atoms with E-state index in [2.05, 4.69) is 5.32 Å². The summed E-state index contributed by atoms with van der Waals surface area (Å²) in [6, 6.07) is 13.4.